The summed E-state index contributed by atoms with van der Waals surface area (Å²) in [7, 11) is -5.25. The number of hydrogen-bond donors (Lipinski definition) is 1. The van der Waals surface area contributed by atoms with E-state index in [4.69, 9.17) is 5.11 Å². The predicted molar refractivity (Wildman–Crippen MR) is 123 cm³/mol. The van der Waals surface area contributed by atoms with E-state index >= 15 is 0 Å². The maximum atomic E-state index is 10.9. The van der Waals surface area contributed by atoms with Crippen molar-refractivity contribution >= 4 is 23.3 Å². The quantitative estimate of drug-likeness (QED) is 0.306. The third-order valence-corrected chi connectivity index (χ3v) is 10.9. The third-order valence-electron chi connectivity index (χ3n) is 5.07. The molecular formula is C22H39O5PS. The van der Waals surface area contributed by atoms with E-state index in [0.29, 0.717) is 6.42 Å². The van der Waals surface area contributed by atoms with Crippen LogP contribution >= 0.6 is 7.26 Å². The Balaban J connectivity index is 0.000000604. The first-order valence-corrected chi connectivity index (χ1v) is 14.6. The molecule has 0 saturated heterocycles. The van der Waals surface area contributed by atoms with Gasteiger partial charge >= 0.3 is 5.97 Å². The SMILES string of the molecule is CCCC[P+](CCCC)(CCCC)CCC(=O)O.Cc1ccc(S(=O)(=O)[O-])cc1. The number of unbranched alkanes of at least 4 members (excludes halogenated alkanes) is 3. The van der Waals surface area contributed by atoms with Crippen molar-refractivity contribution < 1.29 is 22.9 Å². The molecular weight excluding hydrogens is 407 g/mol. The van der Waals surface area contributed by atoms with Crippen LogP contribution in [0.25, 0.3) is 0 Å². The van der Waals surface area contributed by atoms with Gasteiger partial charge in [0.15, 0.2) is 0 Å². The number of carboxylic acids is 1. The van der Waals surface area contributed by atoms with Gasteiger partial charge < -0.3 is 9.66 Å². The Bertz CT molecular complexity index is 649. The van der Waals surface area contributed by atoms with Crippen LogP contribution in [0.1, 0.15) is 71.3 Å². The van der Waals surface area contributed by atoms with Gasteiger partial charge in [-0.2, -0.15) is 0 Å². The number of rotatable bonds is 13. The first kappa shape index (κ1) is 28.0. The molecule has 1 aromatic carbocycles. The molecule has 1 rings (SSSR count). The summed E-state index contributed by atoms with van der Waals surface area (Å²) in [5.74, 6) is -0.608. The number of aliphatic carboxylic acids is 1. The number of carbonyl (C=O) groups is 1. The normalized spacial score (nSPS) is 11.6. The number of carboxylic acid groups (broad SMARTS) is 1. The molecule has 0 aliphatic carbocycles. The van der Waals surface area contributed by atoms with Crippen LogP contribution in [0.15, 0.2) is 29.2 Å². The molecule has 0 radical (unpaired) electrons. The van der Waals surface area contributed by atoms with Gasteiger partial charge in [0, 0.05) is 7.26 Å². The topological polar surface area (TPSA) is 94.5 Å². The fourth-order valence-electron chi connectivity index (χ4n) is 3.19. The van der Waals surface area contributed by atoms with Gasteiger partial charge in [-0.1, -0.05) is 57.7 Å². The Hall–Kier alpha value is -0.970. The van der Waals surface area contributed by atoms with Crippen molar-refractivity contribution in [3.8, 4) is 0 Å². The van der Waals surface area contributed by atoms with Crippen molar-refractivity contribution in [2.45, 2.75) is 77.5 Å². The summed E-state index contributed by atoms with van der Waals surface area (Å²) >= 11 is 0. The molecule has 0 bridgehead atoms. The van der Waals surface area contributed by atoms with Gasteiger partial charge in [0.05, 0.1) is 36.0 Å². The van der Waals surface area contributed by atoms with Gasteiger partial charge in [0.2, 0.25) is 0 Å². The lowest BCUT2D eigenvalue weighted by atomic mass is 10.2. The zero-order chi connectivity index (χ0) is 22.3. The van der Waals surface area contributed by atoms with Gasteiger partial charge in [-0.25, -0.2) is 8.42 Å². The van der Waals surface area contributed by atoms with Crippen LogP contribution in [0.4, 0.5) is 0 Å². The van der Waals surface area contributed by atoms with Crippen molar-refractivity contribution in [1.82, 2.24) is 0 Å². The summed E-state index contributed by atoms with van der Waals surface area (Å²) in [4.78, 5) is 10.7. The lowest BCUT2D eigenvalue weighted by molar-refractivity contribution is -0.136. The predicted octanol–water partition coefficient (Wildman–Crippen LogP) is 5.78. The van der Waals surface area contributed by atoms with Crippen LogP contribution in [0.5, 0.6) is 0 Å². The molecule has 0 amide bonds. The zero-order valence-corrected chi connectivity index (χ0v) is 20.2. The highest BCUT2D eigenvalue weighted by molar-refractivity contribution is 7.85. The Morgan fingerprint density at radius 2 is 1.31 bits per heavy atom. The Labute approximate surface area is 178 Å². The largest absolute Gasteiger partial charge is 0.744 e. The number of benzene rings is 1. The van der Waals surface area contributed by atoms with E-state index in [0.717, 1.165) is 11.7 Å². The summed E-state index contributed by atoms with van der Waals surface area (Å²) in [6.07, 6.45) is 13.0. The van der Waals surface area contributed by atoms with Gasteiger partial charge in [0.1, 0.15) is 10.1 Å². The van der Waals surface area contributed by atoms with Gasteiger partial charge in [-0.3, -0.25) is 4.79 Å². The highest BCUT2D eigenvalue weighted by Gasteiger charge is 2.35. The van der Waals surface area contributed by atoms with Crippen molar-refractivity contribution in [3.63, 3.8) is 0 Å². The van der Waals surface area contributed by atoms with E-state index in [1.165, 1.54) is 69.1 Å². The molecule has 5 nitrogen and oxygen atoms in total. The summed E-state index contributed by atoms with van der Waals surface area (Å²) in [6.45, 7) is 8.55. The van der Waals surface area contributed by atoms with E-state index in [2.05, 4.69) is 20.8 Å². The van der Waals surface area contributed by atoms with Crippen molar-refractivity contribution in [3.05, 3.63) is 29.8 Å². The van der Waals surface area contributed by atoms with Crippen molar-refractivity contribution in [2.24, 2.45) is 0 Å². The van der Waals surface area contributed by atoms with E-state index in [1.54, 1.807) is 12.1 Å². The van der Waals surface area contributed by atoms with E-state index < -0.39 is 23.3 Å². The maximum Gasteiger partial charge on any atom is 0.307 e. The van der Waals surface area contributed by atoms with Crippen LogP contribution < -0.4 is 0 Å². The third kappa shape index (κ3) is 13.0. The smallest absolute Gasteiger partial charge is 0.307 e. The fraction of sp³-hybridized carbons (Fsp3) is 0.682. The van der Waals surface area contributed by atoms with E-state index in [1.807, 2.05) is 6.92 Å². The minimum absolute atomic E-state index is 0.178. The molecule has 0 spiro atoms. The lowest BCUT2D eigenvalue weighted by Crippen LogP contribution is -2.15. The van der Waals surface area contributed by atoms with E-state index in [9.17, 15) is 17.8 Å². The number of aryl methyl sites for hydroxylation is 1. The molecule has 0 aromatic heterocycles. The summed E-state index contributed by atoms with van der Waals surface area (Å²) < 4.78 is 31.2. The van der Waals surface area contributed by atoms with Crippen LogP contribution in [0.3, 0.4) is 0 Å². The maximum absolute atomic E-state index is 10.9. The second-order valence-corrected chi connectivity index (χ2v) is 13.6. The van der Waals surface area contributed by atoms with Crippen LogP contribution in [-0.4, -0.2) is 48.7 Å². The standard InChI is InChI=1S/C15H31O2P.C7H8O3S/c1-4-7-11-18(12-8-5-2,13-9-6-3)14-10-15(16)17;1-6-2-4-7(5-3-6)11(8,9)10/h4-14H2,1-3H3;2-5H,1H3,(H,8,9,10). The monoisotopic (exact) mass is 446 g/mol. The van der Waals surface area contributed by atoms with Gasteiger partial charge in [0.25, 0.3) is 0 Å². The highest BCUT2D eigenvalue weighted by atomic mass is 32.2. The first-order valence-electron chi connectivity index (χ1n) is 10.7. The van der Waals surface area contributed by atoms with Crippen molar-refractivity contribution in [2.75, 3.05) is 24.6 Å². The van der Waals surface area contributed by atoms with Crippen LogP contribution in [-0.2, 0) is 14.9 Å². The van der Waals surface area contributed by atoms with Crippen LogP contribution in [0.2, 0.25) is 0 Å². The molecule has 7 heteroatoms. The lowest BCUT2D eigenvalue weighted by Gasteiger charge is -2.27. The Morgan fingerprint density at radius 3 is 1.62 bits per heavy atom. The molecule has 0 aliphatic rings. The Morgan fingerprint density at radius 1 is 0.897 bits per heavy atom. The molecule has 1 N–H and O–H groups in total. The average molecular weight is 447 g/mol. The summed E-state index contributed by atoms with van der Waals surface area (Å²) in [5.41, 5.74) is 0.928. The van der Waals surface area contributed by atoms with Gasteiger partial charge in [-0.05, 0) is 38.3 Å². The van der Waals surface area contributed by atoms with Gasteiger partial charge in [-0.15, -0.1) is 0 Å². The minimum Gasteiger partial charge on any atom is -0.744 e. The van der Waals surface area contributed by atoms with E-state index in [-0.39, 0.29) is 4.90 Å². The molecule has 1 aromatic rings. The molecule has 0 unspecified atom stereocenters. The molecule has 0 aliphatic heterocycles. The summed E-state index contributed by atoms with van der Waals surface area (Å²) in [6, 6.07) is 5.78. The Kier molecular flexibility index (Phi) is 14.4. The average Bonchev–Trinajstić information content (AvgIpc) is 2.67. The fourth-order valence-corrected chi connectivity index (χ4v) is 8.63. The second-order valence-electron chi connectivity index (χ2n) is 7.71. The summed E-state index contributed by atoms with van der Waals surface area (Å²) in [5, 5.41) is 8.97. The molecule has 29 heavy (non-hydrogen) atoms. The minimum atomic E-state index is -4.27. The molecule has 168 valence electrons. The molecule has 0 heterocycles. The molecule has 0 atom stereocenters. The molecule has 0 fully saturated rings. The number of hydrogen-bond acceptors (Lipinski definition) is 4. The molecule has 0 saturated carbocycles. The highest BCUT2D eigenvalue weighted by Crippen LogP contribution is 2.61. The first-order chi connectivity index (χ1) is 13.6. The van der Waals surface area contributed by atoms with Crippen molar-refractivity contribution in [1.29, 1.82) is 0 Å². The van der Waals surface area contributed by atoms with Crippen LogP contribution in [0, 0.1) is 6.92 Å². The zero-order valence-electron chi connectivity index (χ0n) is 18.5. The second kappa shape index (κ2) is 14.9.